The number of fused-ring (bicyclic) bond motifs is 1. The highest BCUT2D eigenvalue weighted by atomic mass is 32.2. The molecule has 3 aliphatic heterocycles. The highest BCUT2D eigenvalue weighted by Gasteiger charge is 2.61. The molecule has 0 aromatic heterocycles. The van der Waals surface area contributed by atoms with Gasteiger partial charge >= 0.3 is 0 Å². The molecule has 0 aliphatic carbocycles. The molecule has 0 saturated carbocycles. The lowest BCUT2D eigenvalue weighted by Crippen LogP contribution is -2.53. The first-order chi connectivity index (χ1) is 6.55. The minimum atomic E-state index is -3.41. The Morgan fingerprint density at radius 2 is 2.29 bits per heavy atom. The van der Waals surface area contributed by atoms with Crippen molar-refractivity contribution in [3.63, 3.8) is 0 Å². The molecule has 1 spiro atoms. The molecule has 4 nitrogen and oxygen atoms in total. The van der Waals surface area contributed by atoms with Gasteiger partial charge in [-0.1, -0.05) is 19.1 Å². The summed E-state index contributed by atoms with van der Waals surface area (Å²) in [6.07, 6.45) is 4.40. The normalized spacial score (nSPS) is 53.4. The fourth-order valence-corrected chi connectivity index (χ4v) is 4.46. The van der Waals surface area contributed by atoms with Crippen LogP contribution in [-0.4, -0.2) is 32.0 Å². The second-order valence-corrected chi connectivity index (χ2v) is 6.06. The molecule has 3 aliphatic rings. The van der Waals surface area contributed by atoms with Crippen LogP contribution >= 0.6 is 0 Å². The maximum atomic E-state index is 11.7. The van der Waals surface area contributed by atoms with Gasteiger partial charge in [0.2, 0.25) is 0 Å². The summed E-state index contributed by atoms with van der Waals surface area (Å²) in [5.41, 5.74) is -0.595. The van der Waals surface area contributed by atoms with Crippen LogP contribution in [0.3, 0.4) is 0 Å². The molecule has 0 N–H and O–H groups in total. The van der Waals surface area contributed by atoms with Crippen LogP contribution < -0.4 is 0 Å². The van der Waals surface area contributed by atoms with E-state index in [2.05, 4.69) is 0 Å². The Labute approximate surface area is 83.0 Å². The Kier molecular flexibility index (Phi) is 1.52. The Bertz CT molecular complexity index is 399. The molecule has 2 saturated heterocycles. The predicted molar refractivity (Wildman–Crippen MR) is 49.2 cm³/mol. The third-order valence-electron chi connectivity index (χ3n) is 3.48. The van der Waals surface area contributed by atoms with E-state index in [9.17, 15) is 8.42 Å². The highest BCUT2D eigenvalue weighted by molar-refractivity contribution is 7.87. The van der Waals surface area contributed by atoms with E-state index in [1.807, 2.05) is 19.1 Å². The summed E-state index contributed by atoms with van der Waals surface area (Å²) in [5.74, 6) is 0.111. The SMILES string of the molecule is C[C@H]1COS(=O)(=O)[C@H]2C[C@@H]3C=C[C@]12O3. The topological polar surface area (TPSA) is 52.6 Å². The van der Waals surface area contributed by atoms with Gasteiger partial charge < -0.3 is 4.74 Å². The second-order valence-electron chi connectivity index (χ2n) is 4.27. The first-order valence-corrected chi connectivity index (χ1v) is 6.27. The number of rotatable bonds is 0. The van der Waals surface area contributed by atoms with Crippen molar-refractivity contribution in [3.05, 3.63) is 12.2 Å². The van der Waals surface area contributed by atoms with Crippen molar-refractivity contribution in [2.45, 2.75) is 30.3 Å². The maximum Gasteiger partial charge on any atom is 0.273 e. The first kappa shape index (κ1) is 8.88. The van der Waals surface area contributed by atoms with Gasteiger partial charge in [-0.15, -0.1) is 0 Å². The predicted octanol–water partition coefficient (Wildman–Crippen LogP) is 0.449. The largest absolute Gasteiger partial charge is 0.362 e. The Morgan fingerprint density at radius 1 is 1.50 bits per heavy atom. The van der Waals surface area contributed by atoms with E-state index in [0.717, 1.165) is 0 Å². The Balaban J connectivity index is 2.13. The Morgan fingerprint density at radius 3 is 2.93 bits per heavy atom. The fourth-order valence-electron chi connectivity index (χ4n) is 2.65. The van der Waals surface area contributed by atoms with Gasteiger partial charge in [0.15, 0.2) is 0 Å². The summed E-state index contributed by atoms with van der Waals surface area (Å²) < 4.78 is 34.0. The molecule has 0 aromatic rings. The van der Waals surface area contributed by atoms with E-state index in [4.69, 9.17) is 8.92 Å². The molecule has 4 atom stereocenters. The zero-order valence-corrected chi connectivity index (χ0v) is 8.66. The number of hydrogen-bond donors (Lipinski definition) is 0. The van der Waals surface area contributed by atoms with E-state index >= 15 is 0 Å². The molecule has 14 heavy (non-hydrogen) atoms. The zero-order valence-electron chi connectivity index (χ0n) is 7.84. The third-order valence-corrected chi connectivity index (χ3v) is 5.20. The highest BCUT2D eigenvalue weighted by Crippen LogP contribution is 2.49. The third kappa shape index (κ3) is 0.877. The van der Waals surface area contributed by atoms with Gasteiger partial charge in [-0.3, -0.25) is 4.18 Å². The monoisotopic (exact) mass is 216 g/mol. The molecular weight excluding hydrogens is 204 g/mol. The first-order valence-electron chi connectivity index (χ1n) is 4.80. The molecule has 0 radical (unpaired) electrons. The quantitative estimate of drug-likeness (QED) is 0.436. The molecule has 2 bridgehead atoms. The van der Waals surface area contributed by atoms with Crippen LogP contribution in [0, 0.1) is 5.92 Å². The molecule has 3 heterocycles. The van der Waals surface area contributed by atoms with Crippen LogP contribution in [0.25, 0.3) is 0 Å². The average Bonchev–Trinajstić information content (AvgIpc) is 2.70. The van der Waals surface area contributed by atoms with Crippen molar-refractivity contribution in [3.8, 4) is 0 Å². The van der Waals surface area contributed by atoms with E-state index in [1.54, 1.807) is 0 Å². The van der Waals surface area contributed by atoms with Gasteiger partial charge in [0, 0.05) is 5.92 Å². The van der Waals surface area contributed by atoms with Crippen molar-refractivity contribution in [2.24, 2.45) is 5.92 Å². The van der Waals surface area contributed by atoms with Crippen LogP contribution in [0.2, 0.25) is 0 Å². The van der Waals surface area contributed by atoms with Crippen LogP contribution in [-0.2, 0) is 19.0 Å². The van der Waals surface area contributed by atoms with E-state index < -0.39 is 21.0 Å². The molecule has 5 heteroatoms. The summed E-state index contributed by atoms with van der Waals surface area (Å²) in [5, 5.41) is -0.492. The van der Waals surface area contributed by atoms with Gasteiger partial charge in [-0.2, -0.15) is 8.42 Å². The van der Waals surface area contributed by atoms with Gasteiger partial charge in [0.1, 0.15) is 10.9 Å². The molecule has 0 aromatic carbocycles. The Hall–Kier alpha value is -0.390. The summed E-state index contributed by atoms with van der Waals surface area (Å²) in [6, 6.07) is 0. The molecule has 0 amide bonds. The minimum Gasteiger partial charge on any atom is -0.362 e. The van der Waals surface area contributed by atoms with Crippen molar-refractivity contribution in [2.75, 3.05) is 6.61 Å². The zero-order chi connectivity index (χ0) is 9.97. The lowest BCUT2D eigenvalue weighted by molar-refractivity contribution is -0.0293. The summed E-state index contributed by atoms with van der Waals surface area (Å²) >= 11 is 0. The minimum absolute atomic E-state index is 0.0288. The van der Waals surface area contributed by atoms with Gasteiger partial charge in [-0.05, 0) is 6.42 Å². The van der Waals surface area contributed by atoms with Crippen molar-refractivity contribution in [1.29, 1.82) is 0 Å². The summed E-state index contributed by atoms with van der Waals surface area (Å²) in [7, 11) is -3.41. The van der Waals surface area contributed by atoms with E-state index in [0.29, 0.717) is 6.42 Å². The van der Waals surface area contributed by atoms with Crippen LogP contribution in [0.5, 0.6) is 0 Å². The summed E-state index contributed by atoms with van der Waals surface area (Å²) in [4.78, 5) is 0. The number of ether oxygens (including phenoxy) is 1. The van der Waals surface area contributed by atoms with Crippen molar-refractivity contribution < 1.29 is 17.3 Å². The fraction of sp³-hybridized carbons (Fsp3) is 0.778. The molecule has 2 fully saturated rings. The van der Waals surface area contributed by atoms with Crippen LogP contribution in [0.15, 0.2) is 12.2 Å². The summed E-state index contributed by atoms with van der Waals surface area (Å²) in [6.45, 7) is 2.20. The molecule has 0 unspecified atom stereocenters. The maximum absolute atomic E-state index is 11.7. The van der Waals surface area contributed by atoms with Crippen molar-refractivity contribution in [1.82, 2.24) is 0 Å². The van der Waals surface area contributed by atoms with Crippen LogP contribution in [0.1, 0.15) is 13.3 Å². The average molecular weight is 216 g/mol. The van der Waals surface area contributed by atoms with E-state index in [1.165, 1.54) is 0 Å². The van der Waals surface area contributed by atoms with Gasteiger partial charge in [-0.25, -0.2) is 0 Å². The molecule has 3 rings (SSSR count). The van der Waals surface area contributed by atoms with Gasteiger partial charge in [0.05, 0.1) is 12.7 Å². The van der Waals surface area contributed by atoms with E-state index in [-0.39, 0.29) is 18.6 Å². The van der Waals surface area contributed by atoms with Crippen LogP contribution in [0.4, 0.5) is 0 Å². The van der Waals surface area contributed by atoms with Gasteiger partial charge in [0.25, 0.3) is 10.1 Å². The second kappa shape index (κ2) is 2.40. The standard InChI is InChI=1S/C9H12O4S/c1-6-5-12-14(10,11)8-4-7-2-3-9(6,8)13-7/h2-3,6-8H,4-5H2,1H3/t6-,7-,8-,9-/m0/s1. The molecular formula is C9H12O4S. The van der Waals surface area contributed by atoms with Crippen molar-refractivity contribution >= 4 is 10.1 Å². The lowest BCUT2D eigenvalue weighted by atomic mass is 9.83. The lowest BCUT2D eigenvalue weighted by Gasteiger charge is -2.39. The number of hydrogen-bond acceptors (Lipinski definition) is 4. The molecule has 78 valence electrons. The smallest absolute Gasteiger partial charge is 0.273 e.